The number of hydrogen-bond donors (Lipinski definition) is 0. The first kappa shape index (κ1) is 41.9. The van der Waals surface area contributed by atoms with Gasteiger partial charge < -0.3 is 14.5 Å². The highest BCUT2D eigenvalue weighted by atomic mass is 16.5. The lowest BCUT2D eigenvalue weighted by molar-refractivity contribution is -0.137. The van der Waals surface area contributed by atoms with Crippen molar-refractivity contribution in [1.29, 1.82) is 0 Å². The van der Waals surface area contributed by atoms with Crippen LogP contribution in [0, 0.1) is 0 Å². The maximum absolute atomic E-state index is 13.5. The number of hydrogen-bond acceptors (Lipinski definition) is 3. The molecule has 0 bridgehead atoms. The third-order valence-electron chi connectivity index (χ3n) is 8.97. The van der Waals surface area contributed by atoms with E-state index in [0.717, 1.165) is 51.9 Å². The minimum atomic E-state index is -0.340. The second kappa shape index (κ2) is 32.3. The Labute approximate surface area is 269 Å². The molecule has 0 heterocycles. The van der Waals surface area contributed by atoms with Crippen LogP contribution in [0.2, 0.25) is 0 Å². The minimum Gasteiger partial charge on any atom is -0.380 e. The van der Waals surface area contributed by atoms with Crippen LogP contribution in [-0.4, -0.2) is 61.0 Å². The SMILES string of the molecule is CCCCCCCCN(CCCCCCCC)C(=O)CC(CC(=O)N(CCCCCCCC)CCCCCCCC)OC. The summed E-state index contributed by atoms with van der Waals surface area (Å²) in [6, 6.07) is 0. The number of carbonyl (C=O) groups excluding carboxylic acids is 2. The van der Waals surface area contributed by atoms with E-state index in [1.165, 1.54) is 128 Å². The first-order chi connectivity index (χ1) is 21.0. The van der Waals surface area contributed by atoms with Crippen LogP contribution in [0.4, 0.5) is 0 Å². The van der Waals surface area contributed by atoms with E-state index < -0.39 is 0 Å². The van der Waals surface area contributed by atoms with Crippen molar-refractivity contribution in [3.63, 3.8) is 0 Å². The Morgan fingerprint density at radius 2 is 0.651 bits per heavy atom. The number of methoxy groups -OCH3 is 1. The zero-order valence-electron chi connectivity index (χ0n) is 29.9. The van der Waals surface area contributed by atoms with Gasteiger partial charge in [-0.2, -0.15) is 0 Å². The summed E-state index contributed by atoms with van der Waals surface area (Å²) in [4.78, 5) is 31.2. The lowest BCUT2D eigenvalue weighted by Crippen LogP contribution is -2.39. The summed E-state index contributed by atoms with van der Waals surface area (Å²) in [6.07, 6.45) is 29.8. The molecule has 256 valence electrons. The van der Waals surface area contributed by atoms with E-state index >= 15 is 0 Å². The van der Waals surface area contributed by atoms with Crippen molar-refractivity contribution in [3.05, 3.63) is 0 Å². The van der Waals surface area contributed by atoms with Gasteiger partial charge in [0.1, 0.15) is 0 Å². The number of carbonyl (C=O) groups is 2. The fourth-order valence-corrected chi connectivity index (χ4v) is 5.94. The fourth-order valence-electron chi connectivity index (χ4n) is 5.94. The van der Waals surface area contributed by atoms with Crippen molar-refractivity contribution in [2.24, 2.45) is 0 Å². The highest BCUT2D eigenvalue weighted by Gasteiger charge is 2.24. The Bertz CT molecular complexity index is 530. The van der Waals surface area contributed by atoms with Crippen molar-refractivity contribution >= 4 is 11.8 Å². The Morgan fingerprint density at radius 1 is 0.419 bits per heavy atom. The third kappa shape index (κ3) is 25.9. The van der Waals surface area contributed by atoms with E-state index in [2.05, 4.69) is 37.5 Å². The van der Waals surface area contributed by atoms with Crippen LogP contribution < -0.4 is 0 Å². The molecule has 0 aliphatic rings. The van der Waals surface area contributed by atoms with E-state index in [4.69, 9.17) is 4.74 Å². The van der Waals surface area contributed by atoms with Gasteiger partial charge in [-0.25, -0.2) is 0 Å². The average molecular weight is 609 g/mol. The average Bonchev–Trinajstić information content (AvgIpc) is 3.01. The second-order valence-electron chi connectivity index (χ2n) is 13.1. The Kier molecular flexibility index (Phi) is 31.5. The molecule has 2 amide bonds. The summed E-state index contributed by atoms with van der Waals surface area (Å²) in [5.74, 6) is 0.334. The van der Waals surface area contributed by atoms with Gasteiger partial charge in [0.2, 0.25) is 11.8 Å². The molecule has 0 aliphatic carbocycles. The van der Waals surface area contributed by atoms with Gasteiger partial charge in [0.15, 0.2) is 0 Å². The van der Waals surface area contributed by atoms with E-state index in [1.54, 1.807) is 7.11 Å². The lowest BCUT2D eigenvalue weighted by Gasteiger charge is -2.27. The maximum atomic E-state index is 13.5. The standard InChI is InChI=1S/C38H76N2O3/c1-6-10-14-18-22-26-30-39(31-27-23-19-15-11-7-2)37(41)34-36(43-5)35-38(42)40(32-28-24-20-16-12-8-3)33-29-25-21-17-13-9-4/h36H,6-35H2,1-5H3. The van der Waals surface area contributed by atoms with Gasteiger partial charge in [0.05, 0.1) is 18.9 Å². The number of ether oxygens (including phenoxy) is 1. The summed E-state index contributed by atoms with van der Waals surface area (Å²) >= 11 is 0. The van der Waals surface area contributed by atoms with Gasteiger partial charge in [0, 0.05) is 33.3 Å². The van der Waals surface area contributed by atoms with Crippen LogP contribution in [0.5, 0.6) is 0 Å². The summed E-state index contributed by atoms with van der Waals surface area (Å²) in [7, 11) is 1.67. The van der Waals surface area contributed by atoms with Crippen molar-refractivity contribution < 1.29 is 14.3 Å². The van der Waals surface area contributed by atoms with Crippen LogP contribution >= 0.6 is 0 Å². The monoisotopic (exact) mass is 609 g/mol. The molecule has 0 radical (unpaired) electrons. The third-order valence-corrected chi connectivity index (χ3v) is 8.97. The Hall–Kier alpha value is -1.10. The van der Waals surface area contributed by atoms with Crippen LogP contribution in [0.15, 0.2) is 0 Å². The summed E-state index contributed by atoms with van der Waals surface area (Å²) in [6.45, 7) is 12.4. The van der Waals surface area contributed by atoms with E-state index in [0.29, 0.717) is 12.8 Å². The first-order valence-corrected chi connectivity index (χ1v) is 19.1. The predicted molar refractivity (Wildman–Crippen MR) is 187 cm³/mol. The van der Waals surface area contributed by atoms with Crippen LogP contribution in [0.1, 0.15) is 195 Å². The van der Waals surface area contributed by atoms with Crippen LogP contribution in [0.25, 0.3) is 0 Å². The van der Waals surface area contributed by atoms with Crippen LogP contribution in [-0.2, 0) is 14.3 Å². The topological polar surface area (TPSA) is 49.9 Å². The molecule has 0 fully saturated rings. The van der Waals surface area contributed by atoms with Gasteiger partial charge in [-0.15, -0.1) is 0 Å². The molecule has 0 aromatic rings. The van der Waals surface area contributed by atoms with Crippen molar-refractivity contribution in [3.8, 4) is 0 Å². The Morgan fingerprint density at radius 3 is 0.884 bits per heavy atom. The molecule has 0 saturated heterocycles. The molecule has 0 aromatic heterocycles. The first-order valence-electron chi connectivity index (χ1n) is 19.1. The zero-order valence-corrected chi connectivity index (χ0v) is 29.9. The highest BCUT2D eigenvalue weighted by Crippen LogP contribution is 2.15. The van der Waals surface area contributed by atoms with E-state index in [-0.39, 0.29) is 17.9 Å². The number of nitrogens with zero attached hydrogens (tertiary/aromatic N) is 2. The Balaban J connectivity index is 5.00. The van der Waals surface area contributed by atoms with E-state index in [9.17, 15) is 9.59 Å². The molecule has 0 aliphatic heterocycles. The van der Waals surface area contributed by atoms with Gasteiger partial charge in [-0.05, 0) is 25.7 Å². The highest BCUT2D eigenvalue weighted by molar-refractivity contribution is 5.80. The van der Waals surface area contributed by atoms with Crippen molar-refractivity contribution in [1.82, 2.24) is 9.80 Å². The molecule has 5 nitrogen and oxygen atoms in total. The largest absolute Gasteiger partial charge is 0.380 e. The quantitative estimate of drug-likeness (QED) is 0.0696. The lowest BCUT2D eigenvalue weighted by atomic mass is 10.1. The van der Waals surface area contributed by atoms with Crippen molar-refractivity contribution in [2.45, 2.75) is 201 Å². The molecule has 0 unspecified atom stereocenters. The number of unbranched alkanes of at least 4 members (excludes halogenated alkanes) is 20. The summed E-state index contributed by atoms with van der Waals surface area (Å²) in [5.41, 5.74) is 0. The zero-order chi connectivity index (χ0) is 31.8. The normalized spacial score (nSPS) is 11.4. The predicted octanol–water partition coefficient (Wildman–Crippen LogP) is 10.9. The molecular weight excluding hydrogens is 532 g/mol. The molecule has 0 N–H and O–H groups in total. The summed E-state index contributed by atoms with van der Waals surface area (Å²) < 4.78 is 5.78. The smallest absolute Gasteiger partial charge is 0.225 e. The summed E-state index contributed by atoms with van der Waals surface area (Å²) in [5, 5.41) is 0. The van der Waals surface area contributed by atoms with E-state index in [1.807, 2.05) is 0 Å². The van der Waals surface area contributed by atoms with Crippen LogP contribution in [0.3, 0.4) is 0 Å². The van der Waals surface area contributed by atoms with Crippen molar-refractivity contribution in [2.75, 3.05) is 33.3 Å². The molecule has 0 aromatic carbocycles. The molecule has 43 heavy (non-hydrogen) atoms. The molecule has 0 atom stereocenters. The maximum Gasteiger partial charge on any atom is 0.225 e. The van der Waals surface area contributed by atoms with Gasteiger partial charge >= 0.3 is 0 Å². The van der Waals surface area contributed by atoms with Gasteiger partial charge in [-0.3, -0.25) is 9.59 Å². The fraction of sp³-hybridized carbons (Fsp3) is 0.947. The molecule has 5 heteroatoms. The second-order valence-corrected chi connectivity index (χ2v) is 13.1. The molecule has 0 saturated carbocycles. The number of amides is 2. The van der Waals surface area contributed by atoms with Gasteiger partial charge in [0.25, 0.3) is 0 Å². The van der Waals surface area contributed by atoms with Gasteiger partial charge in [-0.1, -0.05) is 156 Å². The molecular formula is C38H76N2O3. The number of rotatable bonds is 33. The molecule has 0 rings (SSSR count). The molecule has 0 spiro atoms. The minimum absolute atomic E-state index is 0.167.